The molecule has 0 aliphatic carbocycles. The molecule has 1 aromatic rings. The van der Waals surface area contributed by atoms with Crippen LogP contribution in [-0.4, -0.2) is 27.4 Å². The molecule has 0 bridgehead atoms. The number of halogens is 2. The summed E-state index contributed by atoms with van der Waals surface area (Å²) in [5, 5.41) is 2.30. The molecule has 8 heteroatoms. The van der Waals surface area contributed by atoms with Crippen LogP contribution in [0.4, 0.5) is 4.39 Å². The van der Waals surface area contributed by atoms with E-state index in [4.69, 9.17) is 0 Å². The molecule has 18 heavy (non-hydrogen) atoms. The molecule has 0 heterocycles. The van der Waals surface area contributed by atoms with Gasteiger partial charge in [-0.3, -0.25) is 4.79 Å². The number of carbonyl (C=O) groups is 1. The lowest BCUT2D eigenvalue weighted by Crippen LogP contribution is -2.43. The van der Waals surface area contributed by atoms with E-state index < -0.39 is 32.7 Å². The van der Waals surface area contributed by atoms with Crippen LogP contribution in [-0.2, 0) is 14.8 Å². The molecular formula is C10H12BrFN2O3S. The van der Waals surface area contributed by atoms with Gasteiger partial charge >= 0.3 is 0 Å². The average molecular weight is 339 g/mol. The average Bonchev–Trinajstić information content (AvgIpc) is 2.26. The maximum atomic E-state index is 13.5. The zero-order chi connectivity index (χ0) is 13.9. The van der Waals surface area contributed by atoms with Gasteiger partial charge in [0, 0.05) is 11.5 Å². The molecule has 2 N–H and O–H groups in total. The Balaban J connectivity index is 3.04. The molecule has 1 atom stereocenters. The van der Waals surface area contributed by atoms with Gasteiger partial charge in [0.15, 0.2) is 0 Å². The lowest BCUT2D eigenvalue weighted by Gasteiger charge is -2.13. The molecule has 1 amide bonds. The van der Waals surface area contributed by atoms with Crippen LogP contribution < -0.4 is 10.0 Å². The van der Waals surface area contributed by atoms with Crippen molar-refractivity contribution in [2.75, 3.05) is 7.05 Å². The Kier molecular flexibility index (Phi) is 4.83. The molecule has 0 radical (unpaired) electrons. The van der Waals surface area contributed by atoms with E-state index in [0.717, 1.165) is 12.1 Å². The topological polar surface area (TPSA) is 75.3 Å². The van der Waals surface area contributed by atoms with Crippen LogP contribution in [0.2, 0.25) is 0 Å². The first-order valence-electron chi connectivity index (χ1n) is 4.97. The molecule has 1 rings (SSSR count). The normalized spacial score (nSPS) is 13.1. The van der Waals surface area contributed by atoms with E-state index in [0.29, 0.717) is 4.47 Å². The van der Waals surface area contributed by atoms with E-state index >= 15 is 0 Å². The van der Waals surface area contributed by atoms with Crippen molar-refractivity contribution in [1.82, 2.24) is 10.0 Å². The van der Waals surface area contributed by atoms with Crippen LogP contribution in [0.25, 0.3) is 0 Å². The minimum Gasteiger partial charge on any atom is -0.358 e. The van der Waals surface area contributed by atoms with Crippen LogP contribution in [0.3, 0.4) is 0 Å². The highest BCUT2D eigenvalue weighted by Crippen LogP contribution is 2.19. The first-order chi connectivity index (χ1) is 8.27. The fourth-order valence-corrected chi connectivity index (χ4v) is 2.85. The first-order valence-corrected chi connectivity index (χ1v) is 7.24. The van der Waals surface area contributed by atoms with Crippen molar-refractivity contribution >= 4 is 31.9 Å². The smallest absolute Gasteiger partial charge is 0.244 e. The Bertz CT molecular complexity index is 562. The number of carbonyl (C=O) groups excluding carboxylic acids is 1. The molecule has 0 aliphatic heterocycles. The number of hydrogen-bond acceptors (Lipinski definition) is 3. The molecule has 1 aromatic carbocycles. The van der Waals surface area contributed by atoms with Gasteiger partial charge in [-0.05, 0) is 25.1 Å². The van der Waals surface area contributed by atoms with Crippen molar-refractivity contribution in [3.05, 3.63) is 28.5 Å². The minimum absolute atomic E-state index is 0.429. The van der Waals surface area contributed by atoms with Gasteiger partial charge in [-0.1, -0.05) is 15.9 Å². The lowest BCUT2D eigenvalue weighted by molar-refractivity contribution is -0.121. The van der Waals surface area contributed by atoms with E-state index in [2.05, 4.69) is 26.0 Å². The largest absolute Gasteiger partial charge is 0.358 e. The monoisotopic (exact) mass is 338 g/mol. The predicted octanol–water partition coefficient (Wildman–Crippen LogP) is 1.00. The number of benzene rings is 1. The SMILES string of the molecule is CNC(=O)C(C)NS(=O)(=O)c1ccc(Br)cc1F. The Hall–Kier alpha value is -0.990. The third kappa shape index (κ3) is 3.50. The van der Waals surface area contributed by atoms with E-state index in [1.54, 1.807) is 0 Å². The highest BCUT2D eigenvalue weighted by atomic mass is 79.9. The molecule has 0 fully saturated rings. The zero-order valence-corrected chi connectivity index (χ0v) is 12.1. The van der Waals surface area contributed by atoms with E-state index in [1.165, 1.54) is 20.0 Å². The number of hydrogen-bond donors (Lipinski definition) is 2. The Morgan fingerprint density at radius 1 is 1.44 bits per heavy atom. The minimum atomic E-state index is -4.07. The molecule has 0 aliphatic rings. The van der Waals surface area contributed by atoms with Crippen LogP contribution in [0, 0.1) is 5.82 Å². The second kappa shape index (κ2) is 5.77. The molecule has 1 unspecified atom stereocenters. The summed E-state index contributed by atoms with van der Waals surface area (Å²) in [6.45, 7) is 1.37. The standard InChI is InChI=1S/C10H12BrFN2O3S/c1-6(10(15)13-2)14-18(16,17)9-4-3-7(11)5-8(9)12/h3-6,14H,1-2H3,(H,13,15). The second-order valence-electron chi connectivity index (χ2n) is 3.53. The molecule has 100 valence electrons. The molecular weight excluding hydrogens is 327 g/mol. The summed E-state index contributed by atoms with van der Waals surface area (Å²) in [4.78, 5) is 10.7. The Labute approximate surface area is 113 Å². The summed E-state index contributed by atoms with van der Waals surface area (Å²) in [6.07, 6.45) is 0. The summed E-state index contributed by atoms with van der Waals surface area (Å²) in [7, 11) is -2.69. The zero-order valence-electron chi connectivity index (χ0n) is 9.70. The fraction of sp³-hybridized carbons (Fsp3) is 0.300. The van der Waals surface area contributed by atoms with Crippen LogP contribution >= 0.6 is 15.9 Å². The second-order valence-corrected chi connectivity index (χ2v) is 6.13. The van der Waals surface area contributed by atoms with Gasteiger partial charge in [-0.25, -0.2) is 12.8 Å². The molecule has 0 aromatic heterocycles. The van der Waals surface area contributed by atoms with Crippen molar-refractivity contribution < 1.29 is 17.6 Å². The number of likely N-dealkylation sites (N-methyl/N-ethyl adjacent to an activating group) is 1. The quantitative estimate of drug-likeness (QED) is 0.859. The number of nitrogens with one attached hydrogen (secondary N) is 2. The predicted molar refractivity (Wildman–Crippen MR) is 68.0 cm³/mol. The van der Waals surface area contributed by atoms with Crippen LogP contribution in [0.1, 0.15) is 6.92 Å². The molecule has 5 nitrogen and oxygen atoms in total. The number of rotatable bonds is 4. The Morgan fingerprint density at radius 2 is 2.06 bits per heavy atom. The van der Waals surface area contributed by atoms with Gasteiger partial charge in [0.25, 0.3) is 0 Å². The maximum Gasteiger partial charge on any atom is 0.244 e. The summed E-state index contributed by atoms with van der Waals surface area (Å²) in [5.41, 5.74) is 0. The maximum absolute atomic E-state index is 13.5. The van der Waals surface area contributed by atoms with Crippen molar-refractivity contribution in [3.63, 3.8) is 0 Å². The van der Waals surface area contributed by atoms with E-state index in [1.807, 2.05) is 0 Å². The summed E-state index contributed by atoms with van der Waals surface area (Å²) in [6, 6.07) is 2.59. The lowest BCUT2D eigenvalue weighted by atomic mass is 10.3. The van der Waals surface area contributed by atoms with Gasteiger partial charge in [0.1, 0.15) is 10.7 Å². The third-order valence-corrected chi connectivity index (χ3v) is 4.22. The summed E-state index contributed by atoms with van der Waals surface area (Å²) < 4.78 is 39.7. The van der Waals surface area contributed by atoms with Crippen LogP contribution in [0.5, 0.6) is 0 Å². The summed E-state index contributed by atoms with van der Waals surface area (Å²) >= 11 is 3.03. The van der Waals surface area contributed by atoms with E-state index in [-0.39, 0.29) is 0 Å². The molecule has 0 saturated carbocycles. The Morgan fingerprint density at radius 3 is 2.56 bits per heavy atom. The molecule has 0 saturated heterocycles. The van der Waals surface area contributed by atoms with Crippen molar-refractivity contribution in [2.45, 2.75) is 17.9 Å². The number of amides is 1. The van der Waals surface area contributed by atoms with Gasteiger partial charge in [-0.15, -0.1) is 0 Å². The van der Waals surface area contributed by atoms with Gasteiger partial charge in [0.05, 0.1) is 6.04 Å². The fourth-order valence-electron chi connectivity index (χ4n) is 1.26. The highest BCUT2D eigenvalue weighted by molar-refractivity contribution is 9.10. The van der Waals surface area contributed by atoms with Crippen molar-refractivity contribution in [2.24, 2.45) is 0 Å². The van der Waals surface area contributed by atoms with Gasteiger partial charge < -0.3 is 5.32 Å². The molecule has 0 spiro atoms. The first kappa shape index (κ1) is 15.1. The van der Waals surface area contributed by atoms with Crippen LogP contribution in [0.15, 0.2) is 27.6 Å². The van der Waals surface area contributed by atoms with Crippen molar-refractivity contribution in [3.8, 4) is 0 Å². The number of sulfonamides is 1. The van der Waals surface area contributed by atoms with E-state index in [9.17, 15) is 17.6 Å². The highest BCUT2D eigenvalue weighted by Gasteiger charge is 2.24. The van der Waals surface area contributed by atoms with Gasteiger partial charge in [-0.2, -0.15) is 4.72 Å². The van der Waals surface area contributed by atoms with Crippen molar-refractivity contribution in [1.29, 1.82) is 0 Å². The third-order valence-electron chi connectivity index (χ3n) is 2.16. The van der Waals surface area contributed by atoms with Gasteiger partial charge in [0.2, 0.25) is 15.9 Å². The summed E-state index contributed by atoms with van der Waals surface area (Å²) in [5.74, 6) is -1.39.